The number of nitrogens with zero attached hydrogens (tertiary/aromatic N) is 1. The second-order valence-corrected chi connectivity index (χ2v) is 8.67. The van der Waals surface area contributed by atoms with Crippen LogP contribution in [0.1, 0.15) is 40.0 Å². The van der Waals surface area contributed by atoms with E-state index >= 15 is 0 Å². The average Bonchev–Trinajstić information content (AvgIpc) is 3.07. The van der Waals surface area contributed by atoms with Crippen LogP contribution in [-0.2, 0) is 4.74 Å². The summed E-state index contributed by atoms with van der Waals surface area (Å²) in [5, 5.41) is 13.8. The Morgan fingerprint density at radius 2 is 2.10 bits per heavy atom. The van der Waals surface area contributed by atoms with E-state index in [4.69, 9.17) is 4.74 Å². The minimum atomic E-state index is -0.0523. The van der Waals surface area contributed by atoms with Crippen molar-refractivity contribution in [3.05, 3.63) is 0 Å². The molecule has 2 saturated heterocycles. The van der Waals surface area contributed by atoms with Gasteiger partial charge in [-0.05, 0) is 46.0 Å². The zero-order valence-electron chi connectivity index (χ0n) is 13.9. The number of aliphatic hydroxyl groups is 1. The fourth-order valence-electron chi connectivity index (χ4n) is 4.35. The molecule has 4 atom stereocenters. The van der Waals surface area contributed by atoms with E-state index in [1.807, 2.05) is 0 Å². The Balaban J connectivity index is 1.58. The molecule has 4 heteroatoms. The maximum absolute atomic E-state index is 10.1. The lowest BCUT2D eigenvalue weighted by atomic mass is 9.85. The quantitative estimate of drug-likeness (QED) is 0.825. The van der Waals surface area contributed by atoms with Crippen molar-refractivity contribution < 1.29 is 9.84 Å². The summed E-state index contributed by atoms with van der Waals surface area (Å²) in [6.07, 6.45) is 3.34. The van der Waals surface area contributed by atoms with Gasteiger partial charge in [0.1, 0.15) is 0 Å². The first kappa shape index (κ1) is 15.7. The number of likely N-dealkylation sites (tertiary alicyclic amines) is 1. The lowest BCUT2D eigenvalue weighted by Crippen LogP contribution is -2.49. The van der Waals surface area contributed by atoms with E-state index in [-0.39, 0.29) is 17.1 Å². The van der Waals surface area contributed by atoms with Gasteiger partial charge in [-0.25, -0.2) is 0 Å². The van der Waals surface area contributed by atoms with E-state index in [9.17, 15) is 5.11 Å². The molecule has 1 aliphatic carbocycles. The van der Waals surface area contributed by atoms with Crippen LogP contribution in [0.25, 0.3) is 0 Å². The summed E-state index contributed by atoms with van der Waals surface area (Å²) >= 11 is 0. The number of nitrogens with one attached hydrogen (secondary N) is 1. The zero-order chi connectivity index (χ0) is 15.1. The molecule has 2 aliphatic heterocycles. The number of rotatable bonds is 4. The van der Waals surface area contributed by atoms with Crippen molar-refractivity contribution in [3.8, 4) is 0 Å². The maximum Gasteiger partial charge on any atom is 0.0583 e. The minimum Gasteiger partial charge on any atom is -0.393 e. The van der Waals surface area contributed by atoms with Gasteiger partial charge in [-0.1, -0.05) is 0 Å². The van der Waals surface area contributed by atoms with Gasteiger partial charge in [-0.2, -0.15) is 0 Å². The highest BCUT2D eigenvalue weighted by molar-refractivity contribution is 4.97. The van der Waals surface area contributed by atoms with Gasteiger partial charge in [0.25, 0.3) is 0 Å². The van der Waals surface area contributed by atoms with Crippen molar-refractivity contribution in [3.63, 3.8) is 0 Å². The van der Waals surface area contributed by atoms with E-state index < -0.39 is 0 Å². The van der Waals surface area contributed by atoms with Gasteiger partial charge in [-0.15, -0.1) is 0 Å². The highest BCUT2D eigenvalue weighted by Crippen LogP contribution is 2.40. The maximum atomic E-state index is 10.1. The van der Waals surface area contributed by atoms with Crippen molar-refractivity contribution in [1.82, 2.24) is 10.2 Å². The minimum absolute atomic E-state index is 0.0523. The van der Waals surface area contributed by atoms with E-state index in [1.165, 1.54) is 13.0 Å². The number of hydrogen-bond donors (Lipinski definition) is 2. The van der Waals surface area contributed by atoms with Gasteiger partial charge < -0.3 is 20.1 Å². The number of aliphatic hydroxyl groups excluding tert-OH is 1. The second-order valence-electron chi connectivity index (χ2n) is 8.67. The third kappa shape index (κ3) is 3.61. The fraction of sp³-hybridized carbons (Fsp3) is 1.00. The predicted octanol–water partition coefficient (Wildman–Crippen LogP) is 1.48. The number of hydrogen-bond acceptors (Lipinski definition) is 4. The zero-order valence-corrected chi connectivity index (χ0v) is 13.9. The fourth-order valence-corrected chi connectivity index (χ4v) is 4.35. The van der Waals surface area contributed by atoms with Crippen LogP contribution >= 0.6 is 0 Å². The van der Waals surface area contributed by atoms with Gasteiger partial charge in [0.05, 0.1) is 12.7 Å². The van der Waals surface area contributed by atoms with Crippen LogP contribution in [0.15, 0.2) is 0 Å². The van der Waals surface area contributed by atoms with Gasteiger partial charge in [-0.3, -0.25) is 0 Å². The van der Waals surface area contributed by atoms with Crippen LogP contribution < -0.4 is 5.32 Å². The van der Waals surface area contributed by atoms with Crippen molar-refractivity contribution >= 4 is 0 Å². The van der Waals surface area contributed by atoms with Crippen LogP contribution in [0.4, 0.5) is 0 Å². The summed E-state index contributed by atoms with van der Waals surface area (Å²) in [4.78, 5) is 2.59. The molecule has 0 aromatic carbocycles. The first-order valence-electron chi connectivity index (χ1n) is 8.60. The van der Waals surface area contributed by atoms with Crippen molar-refractivity contribution in [2.45, 2.75) is 51.7 Å². The summed E-state index contributed by atoms with van der Waals surface area (Å²) in [5.41, 5.74) is 0.421. The van der Waals surface area contributed by atoms with Gasteiger partial charge in [0.2, 0.25) is 0 Å². The molecule has 0 radical (unpaired) electrons. The molecule has 0 aromatic rings. The highest BCUT2D eigenvalue weighted by Gasteiger charge is 2.45. The Kier molecular flexibility index (Phi) is 4.34. The van der Waals surface area contributed by atoms with Crippen LogP contribution in [0.5, 0.6) is 0 Å². The van der Waals surface area contributed by atoms with Crippen LogP contribution in [0, 0.1) is 17.3 Å². The van der Waals surface area contributed by atoms with Gasteiger partial charge >= 0.3 is 0 Å². The first-order chi connectivity index (χ1) is 9.87. The highest BCUT2D eigenvalue weighted by atomic mass is 16.5. The lowest BCUT2D eigenvalue weighted by molar-refractivity contribution is 0.0956. The number of fused-ring (bicyclic) bond motifs is 1. The van der Waals surface area contributed by atoms with Crippen molar-refractivity contribution in [1.29, 1.82) is 0 Å². The molecule has 21 heavy (non-hydrogen) atoms. The topological polar surface area (TPSA) is 44.7 Å². The second kappa shape index (κ2) is 5.80. The standard InChI is InChI=1S/C17H32N2O2/c1-16(2,3)18-10-17(6-7-21-12-17)11-19-8-13-4-5-15(20)14(13)9-19/h13-15,18,20H,4-12H2,1-3H3. The lowest BCUT2D eigenvalue weighted by Gasteiger charge is -2.35. The van der Waals surface area contributed by atoms with Crippen LogP contribution in [-0.4, -0.2) is 61.0 Å². The molecular weight excluding hydrogens is 264 g/mol. The molecule has 4 nitrogen and oxygen atoms in total. The smallest absolute Gasteiger partial charge is 0.0583 e. The van der Waals surface area contributed by atoms with E-state index in [0.29, 0.717) is 5.92 Å². The molecule has 3 fully saturated rings. The first-order valence-corrected chi connectivity index (χ1v) is 8.60. The molecular formula is C17H32N2O2. The summed E-state index contributed by atoms with van der Waals surface area (Å²) in [6, 6.07) is 0. The van der Waals surface area contributed by atoms with E-state index in [2.05, 4.69) is 31.0 Å². The molecule has 0 aromatic heterocycles. The van der Waals surface area contributed by atoms with Crippen molar-refractivity contribution in [2.24, 2.45) is 17.3 Å². The van der Waals surface area contributed by atoms with Crippen LogP contribution in [0.2, 0.25) is 0 Å². The van der Waals surface area contributed by atoms with Gasteiger partial charge in [0, 0.05) is 49.7 Å². The molecule has 0 spiro atoms. The van der Waals surface area contributed by atoms with E-state index in [0.717, 1.165) is 51.6 Å². The summed E-state index contributed by atoms with van der Waals surface area (Å²) in [7, 11) is 0. The van der Waals surface area contributed by atoms with E-state index in [1.54, 1.807) is 0 Å². The van der Waals surface area contributed by atoms with Crippen molar-refractivity contribution in [2.75, 3.05) is 39.4 Å². The molecule has 3 rings (SSSR count). The summed E-state index contributed by atoms with van der Waals surface area (Å²) < 4.78 is 5.74. The number of ether oxygens (including phenoxy) is 1. The molecule has 2 heterocycles. The Bertz CT molecular complexity index is 360. The molecule has 0 bridgehead atoms. The molecule has 3 aliphatic rings. The molecule has 1 saturated carbocycles. The Morgan fingerprint density at radius 1 is 1.29 bits per heavy atom. The summed E-state index contributed by atoms with van der Waals surface area (Å²) in [5.74, 6) is 1.26. The molecule has 122 valence electrons. The molecule has 4 unspecified atom stereocenters. The largest absolute Gasteiger partial charge is 0.393 e. The Morgan fingerprint density at radius 3 is 2.71 bits per heavy atom. The third-order valence-corrected chi connectivity index (χ3v) is 5.63. The SMILES string of the molecule is CC(C)(C)NCC1(CN2CC3CCC(O)C3C2)CCOC1. The summed E-state index contributed by atoms with van der Waals surface area (Å²) in [6.45, 7) is 12.9. The third-order valence-electron chi connectivity index (χ3n) is 5.63. The molecule has 0 amide bonds. The van der Waals surface area contributed by atoms with Gasteiger partial charge in [0.15, 0.2) is 0 Å². The monoisotopic (exact) mass is 296 g/mol. The average molecular weight is 296 g/mol. The van der Waals surface area contributed by atoms with Crippen LogP contribution in [0.3, 0.4) is 0 Å². The Labute approximate surface area is 129 Å². The molecule has 2 N–H and O–H groups in total. The normalized spacial score (nSPS) is 40.9. The Hall–Kier alpha value is -0.160. The predicted molar refractivity (Wildman–Crippen MR) is 84.3 cm³/mol.